The van der Waals surface area contributed by atoms with Crippen molar-refractivity contribution in [1.82, 2.24) is 10.5 Å². The Morgan fingerprint density at radius 3 is 3.06 bits per heavy atom. The minimum absolute atomic E-state index is 0.127. The second-order valence-electron chi connectivity index (χ2n) is 3.80. The van der Waals surface area contributed by atoms with Crippen LogP contribution >= 0.6 is 0 Å². The van der Waals surface area contributed by atoms with Crippen LogP contribution in [0.25, 0.3) is 0 Å². The van der Waals surface area contributed by atoms with Gasteiger partial charge in [-0.1, -0.05) is 5.16 Å². The fourth-order valence-electron chi connectivity index (χ4n) is 1.10. The number of nitrogens with one attached hydrogen (secondary N) is 1. The van der Waals surface area contributed by atoms with Crippen LogP contribution in [0.1, 0.15) is 23.9 Å². The van der Waals surface area contributed by atoms with E-state index in [1.54, 1.807) is 14.0 Å². The molecule has 2 N–H and O–H groups in total. The highest BCUT2D eigenvalue weighted by Gasteiger charge is 2.21. The Labute approximate surface area is 93.6 Å². The monoisotopic (exact) mass is 228 g/mol. The summed E-state index contributed by atoms with van der Waals surface area (Å²) < 4.78 is 9.53. The van der Waals surface area contributed by atoms with Crippen LogP contribution in [0, 0.1) is 0 Å². The molecule has 0 spiro atoms. The third kappa shape index (κ3) is 4.00. The largest absolute Gasteiger partial charge is 0.388 e. The molecule has 1 heterocycles. The van der Waals surface area contributed by atoms with Crippen molar-refractivity contribution in [3.63, 3.8) is 0 Å². The van der Waals surface area contributed by atoms with Crippen molar-refractivity contribution in [3.05, 3.63) is 18.0 Å². The molecule has 1 amide bonds. The van der Waals surface area contributed by atoms with E-state index in [2.05, 4.69) is 15.0 Å². The van der Waals surface area contributed by atoms with Crippen LogP contribution in [0.15, 0.2) is 16.8 Å². The zero-order valence-electron chi connectivity index (χ0n) is 9.40. The lowest BCUT2D eigenvalue weighted by Crippen LogP contribution is -2.41. The van der Waals surface area contributed by atoms with E-state index in [1.807, 2.05) is 0 Å². The summed E-state index contributed by atoms with van der Waals surface area (Å²) in [5.41, 5.74) is -0.994. The Hall–Kier alpha value is -1.40. The third-order valence-electron chi connectivity index (χ3n) is 2.14. The van der Waals surface area contributed by atoms with Gasteiger partial charge in [-0.2, -0.15) is 0 Å². The number of ether oxygens (including phenoxy) is 1. The lowest BCUT2D eigenvalue weighted by Gasteiger charge is -2.22. The number of hydrogen-bond donors (Lipinski definition) is 2. The number of rotatable bonds is 6. The molecule has 0 aliphatic heterocycles. The smallest absolute Gasteiger partial charge is 0.289 e. The van der Waals surface area contributed by atoms with E-state index in [-0.39, 0.29) is 12.3 Å². The van der Waals surface area contributed by atoms with Gasteiger partial charge in [-0.3, -0.25) is 4.79 Å². The summed E-state index contributed by atoms with van der Waals surface area (Å²) in [6.45, 7) is 2.20. The topological polar surface area (TPSA) is 84.6 Å². The molecule has 90 valence electrons. The molecule has 16 heavy (non-hydrogen) atoms. The summed E-state index contributed by atoms with van der Waals surface area (Å²) >= 11 is 0. The van der Waals surface area contributed by atoms with Gasteiger partial charge in [0, 0.05) is 32.7 Å². The summed E-state index contributed by atoms with van der Waals surface area (Å²) in [7, 11) is 1.56. The van der Waals surface area contributed by atoms with Crippen LogP contribution in [-0.2, 0) is 4.74 Å². The molecule has 1 atom stereocenters. The third-order valence-corrected chi connectivity index (χ3v) is 2.14. The van der Waals surface area contributed by atoms with E-state index in [9.17, 15) is 9.90 Å². The van der Waals surface area contributed by atoms with Gasteiger partial charge in [0.15, 0.2) is 0 Å². The zero-order chi connectivity index (χ0) is 12.0. The molecule has 0 fully saturated rings. The highest BCUT2D eigenvalue weighted by Crippen LogP contribution is 2.08. The molecule has 0 bridgehead atoms. The number of methoxy groups -OCH3 is 1. The first-order valence-electron chi connectivity index (χ1n) is 4.95. The van der Waals surface area contributed by atoms with Gasteiger partial charge in [0.2, 0.25) is 5.76 Å². The van der Waals surface area contributed by atoms with Gasteiger partial charge in [-0.15, -0.1) is 0 Å². The predicted octanol–water partition coefficient (Wildman–Crippen LogP) is 0.192. The summed E-state index contributed by atoms with van der Waals surface area (Å²) in [5.74, 6) is -0.266. The van der Waals surface area contributed by atoms with Gasteiger partial charge in [-0.25, -0.2) is 0 Å². The first kappa shape index (κ1) is 12.7. The van der Waals surface area contributed by atoms with E-state index in [4.69, 9.17) is 4.74 Å². The maximum Gasteiger partial charge on any atom is 0.289 e. The summed E-state index contributed by atoms with van der Waals surface area (Å²) in [5, 5.41) is 15.8. The van der Waals surface area contributed by atoms with Crippen LogP contribution in [0.4, 0.5) is 0 Å². The van der Waals surface area contributed by atoms with Crippen molar-refractivity contribution in [1.29, 1.82) is 0 Å². The van der Waals surface area contributed by atoms with Crippen LogP contribution in [0.5, 0.6) is 0 Å². The molecule has 0 aliphatic rings. The number of amides is 1. The molecule has 0 saturated carbocycles. The Kier molecular flexibility index (Phi) is 4.45. The van der Waals surface area contributed by atoms with E-state index in [0.717, 1.165) is 0 Å². The lowest BCUT2D eigenvalue weighted by molar-refractivity contribution is 0.0240. The minimum Gasteiger partial charge on any atom is -0.388 e. The summed E-state index contributed by atoms with van der Waals surface area (Å²) in [4.78, 5) is 11.4. The van der Waals surface area contributed by atoms with Crippen molar-refractivity contribution < 1.29 is 19.2 Å². The number of aromatic nitrogens is 1. The maximum atomic E-state index is 11.4. The number of carbonyl (C=O) groups is 1. The Balaban J connectivity index is 2.36. The molecule has 1 aromatic heterocycles. The minimum atomic E-state index is -0.994. The van der Waals surface area contributed by atoms with Gasteiger partial charge in [0.25, 0.3) is 5.91 Å². The number of nitrogens with zero attached hydrogens (tertiary/aromatic N) is 1. The maximum absolute atomic E-state index is 11.4. The summed E-state index contributed by atoms with van der Waals surface area (Å²) in [6, 6.07) is 1.46. The van der Waals surface area contributed by atoms with Crippen LogP contribution in [-0.4, -0.2) is 42.0 Å². The van der Waals surface area contributed by atoms with Crippen LogP contribution in [0.3, 0.4) is 0 Å². The summed E-state index contributed by atoms with van der Waals surface area (Å²) in [6.07, 6.45) is 1.83. The molecular formula is C10H16N2O4. The van der Waals surface area contributed by atoms with Gasteiger partial charge < -0.3 is 19.7 Å². The van der Waals surface area contributed by atoms with Gasteiger partial charge >= 0.3 is 0 Å². The quantitative estimate of drug-likeness (QED) is 0.726. The second kappa shape index (κ2) is 5.62. The first-order valence-corrected chi connectivity index (χ1v) is 4.95. The van der Waals surface area contributed by atoms with Crippen molar-refractivity contribution in [2.24, 2.45) is 0 Å². The molecule has 0 aliphatic carbocycles. The number of hydrogen-bond acceptors (Lipinski definition) is 5. The predicted molar refractivity (Wildman–Crippen MR) is 56.0 cm³/mol. The Morgan fingerprint density at radius 1 is 1.75 bits per heavy atom. The fourth-order valence-corrected chi connectivity index (χ4v) is 1.10. The molecule has 0 radical (unpaired) electrons. The molecular weight excluding hydrogens is 212 g/mol. The van der Waals surface area contributed by atoms with Gasteiger partial charge in [-0.05, 0) is 6.92 Å². The fraction of sp³-hybridized carbons (Fsp3) is 0.600. The lowest BCUT2D eigenvalue weighted by atomic mass is 10.0. The normalized spacial score (nSPS) is 14.4. The van der Waals surface area contributed by atoms with Gasteiger partial charge in [0.05, 0.1) is 11.8 Å². The molecule has 1 unspecified atom stereocenters. The van der Waals surface area contributed by atoms with Gasteiger partial charge in [0.1, 0.15) is 0 Å². The molecule has 6 heteroatoms. The van der Waals surface area contributed by atoms with Crippen molar-refractivity contribution in [2.75, 3.05) is 20.3 Å². The average molecular weight is 228 g/mol. The van der Waals surface area contributed by atoms with E-state index >= 15 is 0 Å². The average Bonchev–Trinajstić information content (AvgIpc) is 2.77. The molecule has 1 aromatic rings. The molecule has 0 aromatic carbocycles. The van der Waals surface area contributed by atoms with Crippen molar-refractivity contribution in [2.45, 2.75) is 18.9 Å². The zero-order valence-corrected chi connectivity index (χ0v) is 9.40. The molecule has 1 rings (SSSR count). The first-order chi connectivity index (χ1) is 7.55. The standard InChI is InChI=1S/C10H16N2O4/c1-10(14,4-6-15-2)7-11-9(13)8-3-5-12-16-8/h3,5,14H,4,6-7H2,1-2H3,(H,11,13). The number of carbonyl (C=O) groups excluding carboxylic acids is 1. The van der Waals surface area contributed by atoms with E-state index < -0.39 is 11.5 Å². The van der Waals surface area contributed by atoms with Crippen molar-refractivity contribution in [3.8, 4) is 0 Å². The van der Waals surface area contributed by atoms with Crippen LogP contribution < -0.4 is 5.32 Å². The molecule has 0 saturated heterocycles. The van der Waals surface area contributed by atoms with Crippen molar-refractivity contribution >= 4 is 5.91 Å². The Morgan fingerprint density at radius 2 is 2.50 bits per heavy atom. The Bertz CT molecular complexity index is 322. The SMILES string of the molecule is COCCC(C)(O)CNC(=O)c1ccno1. The molecule has 6 nitrogen and oxygen atoms in total. The highest BCUT2D eigenvalue weighted by molar-refractivity contribution is 5.91. The van der Waals surface area contributed by atoms with Crippen LogP contribution in [0.2, 0.25) is 0 Å². The second-order valence-corrected chi connectivity index (χ2v) is 3.80. The van der Waals surface area contributed by atoms with E-state index in [0.29, 0.717) is 13.0 Å². The highest BCUT2D eigenvalue weighted by atomic mass is 16.5. The number of aliphatic hydroxyl groups is 1. The van der Waals surface area contributed by atoms with E-state index in [1.165, 1.54) is 12.3 Å².